The Labute approximate surface area is 153 Å². The molecule has 26 heavy (non-hydrogen) atoms. The predicted octanol–water partition coefficient (Wildman–Crippen LogP) is 4.72. The monoisotopic (exact) mass is 382 g/mol. The summed E-state index contributed by atoms with van der Waals surface area (Å²) < 4.78 is 45.5. The number of hydrogen-bond donors (Lipinski definition) is 1. The van der Waals surface area contributed by atoms with Gasteiger partial charge in [0.15, 0.2) is 0 Å². The zero-order chi connectivity index (χ0) is 18.6. The largest absolute Gasteiger partial charge is 0.418 e. The number of ether oxygens (including phenoxy) is 1. The molecule has 0 unspecified atom stereocenters. The highest BCUT2D eigenvalue weighted by molar-refractivity contribution is 7.99. The summed E-state index contributed by atoms with van der Waals surface area (Å²) in [4.78, 5) is 14.9. The van der Waals surface area contributed by atoms with E-state index in [0.29, 0.717) is 31.2 Å². The minimum absolute atomic E-state index is 0.244. The highest BCUT2D eigenvalue weighted by Crippen LogP contribution is 2.39. The first-order valence-electron chi connectivity index (χ1n) is 8.01. The number of carbonyl (C=O) groups is 1. The van der Waals surface area contributed by atoms with E-state index in [0.717, 1.165) is 11.0 Å². The maximum absolute atomic E-state index is 13.5. The second kappa shape index (κ2) is 8.01. The van der Waals surface area contributed by atoms with Gasteiger partial charge < -0.3 is 15.0 Å². The van der Waals surface area contributed by atoms with Gasteiger partial charge in [-0.15, -0.1) is 0 Å². The summed E-state index contributed by atoms with van der Waals surface area (Å²) in [6.07, 6.45) is -4.57. The number of rotatable bonds is 3. The van der Waals surface area contributed by atoms with Gasteiger partial charge in [0, 0.05) is 22.9 Å². The average molecular weight is 382 g/mol. The van der Waals surface area contributed by atoms with Gasteiger partial charge in [-0.05, 0) is 30.3 Å². The Morgan fingerprint density at radius 1 is 1.04 bits per heavy atom. The van der Waals surface area contributed by atoms with Crippen LogP contribution in [0.4, 0.5) is 23.7 Å². The number of anilines is 1. The van der Waals surface area contributed by atoms with Gasteiger partial charge in [-0.2, -0.15) is 13.2 Å². The van der Waals surface area contributed by atoms with Gasteiger partial charge in [0.25, 0.3) is 0 Å². The Bertz CT molecular complexity index is 763. The summed E-state index contributed by atoms with van der Waals surface area (Å²) in [6.45, 7) is 1.47. The van der Waals surface area contributed by atoms with E-state index in [4.69, 9.17) is 4.74 Å². The number of carbonyl (C=O) groups excluding carboxylic acids is 1. The maximum atomic E-state index is 13.5. The van der Waals surface area contributed by atoms with Crippen LogP contribution in [0.25, 0.3) is 0 Å². The highest BCUT2D eigenvalue weighted by Gasteiger charge is 2.34. The molecule has 1 aliphatic heterocycles. The quantitative estimate of drug-likeness (QED) is 0.835. The molecule has 2 amide bonds. The third kappa shape index (κ3) is 4.70. The van der Waals surface area contributed by atoms with Crippen LogP contribution in [0.15, 0.2) is 58.3 Å². The van der Waals surface area contributed by atoms with Crippen molar-refractivity contribution in [3.63, 3.8) is 0 Å². The topological polar surface area (TPSA) is 41.6 Å². The standard InChI is InChI=1S/C18H17F3N2O2S/c19-18(20,21)15-12-14(26-13-4-2-1-3-5-13)6-7-16(15)22-17(24)23-8-10-25-11-9-23/h1-7,12H,8-11H2,(H,22,24). The van der Waals surface area contributed by atoms with E-state index >= 15 is 0 Å². The number of morpholine rings is 1. The Morgan fingerprint density at radius 3 is 2.38 bits per heavy atom. The number of hydrogen-bond acceptors (Lipinski definition) is 3. The fraction of sp³-hybridized carbons (Fsp3) is 0.278. The van der Waals surface area contributed by atoms with E-state index in [1.165, 1.54) is 22.7 Å². The molecule has 0 atom stereocenters. The molecule has 1 aliphatic rings. The molecular formula is C18H17F3N2O2S. The molecule has 1 saturated heterocycles. The minimum Gasteiger partial charge on any atom is -0.378 e. The molecule has 0 bridgehead atoms. The van der Waals surface area contributed by atoms with E-state index in [2.05, 4.69) is 5.32 Å². The smallest absolute Gasteiger partial charge is 0.378 e. The van der Waals surface area contributed by atoms with Crippen molar-refractivity contribution in [1.82, 2.24) is 4.90 Å². The summed E-state index contributed by atoms with van der Waals surface area (Å²) in [5.41, 5.74) is -1.11. The third-order valence-corrected chi connectivity index (χ3v) is 4.81. The van der Waals surface area contributed by atoms with Crippen molar-refractivity contribution < 1.29 is 22.7 Å². The second-order valence-electron chi connectivity index (χ2n) is 5.65. The predicted molar refractivity (Wildman–Crippen MR) is 93.4 cm³/mol. The molecule has 1 fully saturated rings. The molecule has 0 aliphatic carbocycles. The Morgan fingerprint density at radius 2 is 1.73 bits per heavy atom. The van der Waals surface area contributed by atoms with Gasteiger partial charge in [0.05, 0.1) is 24.5 Å². The zero-order valence-electron chi connectivity index (χ0n) is 13.8. The number of benzene rings is 2. The molecular weight excluding hydrogens is 365 g/mol. The lowest BCUT2D eigenvalue weighted by Crippen LogP contribution is -2.43. The van der Waals surface area contributed by atoms with Crippen LogP contribution in [-0.2, 0) is 10.9 Å². The highest BCUT2D eigenvalue weighted by atomic mass is 32.2. The first-order chi connectivity index (χ1) is 12.4. The maximum Gasteiger partial charge on any atom is 0.418 e. The Balaban J connectivity index is 1.81. The molecule has 0 radical (unpaired) electrons. The average Bonchev–Trinajstić information content (AvgIpc) is 2.63. The fourth-order valence-corrected chi connectivity index (χ4v) is 3.39. The van der Waals surface area contributed by atoms with E-state index in [1.54, 1.807) is 6.07 Å². The third-order valence-electron chi connectivity index (χ3n) is 3.82. The van der Waals surface area contributed by atoms with Crippen LogP contribution in [0, 0.1) is 0 Å². The van der Waals surface area contributed by atoms with Gasteiger partial charge in [-0.25, -0.2) is 4.79 Å². The van der Waals surface area contributed by atoms with Crippen LogP contribution < -0.4 is 5.32 Å². The van der Waals surface area contributed by atoms with Crippen LogP contribution in [0.3, 0.4) is 0 Å². The number of halogens is 3. The van der Waals surface area contributed by atoms with Crippen LogP contribution in [0.1, 0.15) is 5.56 Å². The van der Waals surface area contributed by atoms with Gasteiger partial charge in [-0.3, -0.25) is 0 Å². The van der Waals surface area contributed by atoms with Crippen LogP contribution >= 0.6 is 11.8 Å². The number of nitrogens with one attached hydrogen (secondary N) is 1. The van der Waals surface area contributed by atoms with E-state index < -0.39 is 17.8 Å². The summed E-state index contributed by atoms with van der Waals surface area (Å²) in [6, 6.07) is 12.5. The molecule has 0 spiro atoms. The summed E-state index contributed by atoms with van der Waals surface area (Å²) in [5, 5.41) is 2.38. The second-order valence-corrected chi connectivity index (χ2v) is 6.80. The van der Waals surface area contributed by atoms with Gasteiger partial charge in [0.2, 0.25) is 0 Å². The van der Waals surface area contributed by atoms with Crippen LogP contribution in [0.2, 0.25) is 0 Å². The molecule has 0 aromatic heterocycles. The Kier molecular flexibility index (Phi) is 5.73. The minimum atomic E-state index is -4.57. The lowest BCUT2D eigenvalue weighted by molar-refractivity contribution is -0.137. The number of alkyl halides is 3. The van der Waals surface area contributed by atoms with Crippen molar-refractivity contribution in [3.05, 3.63) is 54.1 Å². The van der Waals surface area contributed by atoms with Crippen molar-refractivity contribution in [2.75, 3.05) is 31.6 Å². The lowest BCUT2D eigenvalue weighted by atomic mass is 10.1. The fourth-order valence-electron chi connectivity index (χ4n) is 2.52. The van der Waals surface area contributed by atoms with Crippen molar-refractivity contribution in [2.24, 2.45) is 0 Å². The number of amides is 2. The van der Waals surface area contributed by atoms with E-state index in [-0.39, 0.29) is 5.69 Å². The first-order valence-corrected chi connectivity index (χ1v) is 8.83. The molecule has 2 aromatic carbocycles. The summed E-state index contributed by atoms with van der Waals surface area (Å²) in [5.74, 6) is 0. The van der Waals surface area contributed by atoms with E-state index in [9.17, 15) is 18.0 Å². The zero-order valence-corrected chi connectivity index (χ0v) is 14.6. The molecule has 0 saturated carbocycles. The van der Waals surface area contributed by atoms with Gasteiger partial charge >= 0.3 is 12.2 Å². The Hall–Kier alpha value is -2.19. The van der Waals surface area contributed by atoms with Gasteiger partial charge in [-0.1, -0.05) is 30.0 Å². The van der Waals surface area contributed by atoms with Crippen LogP contribution in [-0.4, -0.2) is 37.2 Å². The van der Waals surface area contributed by atoms with E-state index in [1.807, 2.05) is 30.3 Å². The molecule has 1 heterocycles. The molecule has 4 nitrogen and oxygen atoms in total. The molecule has 138 valence electrons. The lowest BCUT2D eigenvalue weighted by Gasteiger charge is -2.27. The summed E-state index contributed by atoms with van der Waals surface area (Å²) in [7, 11) is 0. The molecule has 3 rings (SSSR count). The normalized spacial score (nSPS) is 15.0. The van der Waals surface area contributed by atoms with Crippen molar-refractivity contribution in [3.8, 4) is 0 Å². The van der Waals surface area contributed by atoms with Crippen molar-refractivity contribution >= 4 is 23.5 Å². The van der Waals surface area contributed by atoms with Crippen molar-refractivity contribution in [1.29, 1.82) is 0 Å². The number of urea groups is 1. The van der Waals surface area contributed by atoms with Gasteiger partial charge in [0.1, 0.15) is 0 Å². The molecule has 2 aromatic rings. The molecule has 8 heteroatoms. The van der Waals surface area contributed by atoms with Crippen LogP contribution in [0.5, 0.6) is 0 Å². The number of nitrogens with zero attached hydrogens (tertiary/aromatic N) is 1. The first kappa shape index (κ1) is 18.6. The summed E-state index contributed by atoms with van der Waals surface area (Å²) >= 11 is 1.23. The molecule has 1 N–H and O–H groups in total. The SMILES string of the molecule is O=C(Nc1ccc(Sc2ccccc2)cc1C(F)(F)F)N1CCOCC1. The van der Waals surface area contributed by atoms with Crippen molar-refractivity contribution in [2.45, 2.75) is 16.0 Å².